The Morgan fingerprint density at radius 3 is 2.32 bits per heavy atom. The number of nitrogens with zero attached hydrogens (tertiary/aromatic N) is 2. The summed E-state index contributed by atoms with van der Waals surface area (Å²) < 4.78 is 39.1. The summed E-state index contributed by atoms with van der Waals surface area (Å²) in [6.07, 6.45) is -3.40. The van der Waals surface area contributed by atoms with Gasteiger partial charge in [0.15, 0.2) is 5.69 Å². The fraction of sp³-hybridized carbons (Fsp3) is 0.308. The first-order valence-corrected chi connectivity index (χ1v) is 6.74. The van der Waals surface area contributed by atoms with E-state index in [1.807, 2.05) is 19.1 Å². The highest BCUT2D eigenvalue weighted by molar-refractivity contribution is 7.99. The lowest BCUT2D eigenvalue weighted by molar-refractivity contribution is -0.140. The molecule has 6 heteroatoms. The topological polar surface area (TPSA) is 17.8 Å². The molecule has 0 saturated carbocycles. The lowest BCUT2D eigenvalue weighted by Crippen LogP contribution is -2.04. The predicted octanol–water partition coefficient (Wildman–Crippen LogP) is 4.22. The van der Waals surface area contributed by atoms with Crippen molar-refractivity contribution in [3.63, 3.8) is 0 Å². The number of imidazole rings is 1. The highest BCUT2D eigenvalue weighted by Crippen LogP contribution is 2.31. The Kier molecular flexibility index (Phi) is 3.89. The van der Waals surface area contributed by atoms with Crippen LogP contribution in [0.1, 0.15) is 12.6 Å². The van der Waals surface area contributed by atoms with Gasteiger partial charge in [0.05, 0.1) is 0 Å². The molecule has 1 aromatic heterocycles. The maximum absolute atomic E-state index is 12.6. The number of hydrogen-bond donors (Lipinski definition) is 0. The Morgan fingerprint density at radius 2 is 1.84 bits per heavy atom. The summed E-state index contributed by atoms with van der Waals surface area (Å²) in [6.45, 7) is 2.05. The van der Waals surface area contributed by atoms with Gasteiger partial charge >= 0.3 is 6.18 Å². The second kappa shape index (κ2) is 5.28. The Bertz CT molecular complexity index is 558. The predicted molar refractivity (Wildman–Crippen MR) is 70.0 cm³/mol. The van der Waals surface area contributed by atoms with Gasteiger partial charge in [0, 0.05) is 23.7 Å². The Hall–Kier alpha value is -1.43. The zero-order valence-corrected chi connectivity index (χ0v) is 11.3. The minimum absolute atomic E-state index is 0.320. The lowest BCUT2D eigenvalue weighted by atomic mass is 10.2. The molecule has 0 N–H and O–H groups in total. The van der Waals surface area contributed by atoms with Gasteiger partial charge in [-0.1, -0.05) is 19.1 Å². The quantitative estimate of drug-likeness (QED) is 0.786. The van der Waals surface area contributed by atoms with E-state index in [0.717, 1.165) is 16.8 Å². The van der Waals surface area contributed by atoms with E-state index in [0.29, 0.717) is 11.4 Å². The maximum Gasteiger partial charge on any atom is 0.434 e. The van der Waals surface area contributed by atoms with Gasteiger partial charge in [-0.15, -0.1) is 11.8 Å². The molecule has 0 spiro atoms. The zero-order valence-electron chi connectivity index (χ0n) is 10.5. The minimum Gasteiger partial charge on any atom is -0.333 e. The number of thioether (sulfide) groups is 1. The lowest BCUT2D eigenvalue weighted by Gasteiger charge is -2.03. The Morgan fingerprint density at radius 1 is 1.21 bits per heavy atom. The second-order valence-electron chi connectivity index (χ2n) is 4.02. The number of hydrogen-bond acceptors (Lipinski definition) is 2. The van der Waals surface area contributed by atoms with Crippen molar-refractivity contribution in [2.75, 3.05) is 5.75 Å². The molecule has 0 saturated heterocycles. The highest BCUT2D eigenvalue weighted by Gasteiger charge is 2.34. The minimum atomic E-state index is -4.41. The van der Waals surface area contributed by atoms with Crippen molar-refractivity contribution in [1.82, 2.24) is 9.55 Å². The molecule has 0 radical (unpaired) electrons. The SMILES string of the molecule is CCSc1ccc(-c2nc(C(F)(F)F)cn2C)cc1. The Labute approximate surface area is 113 Å². The molecule has 19 heavy (non-hydrogen) atoms. The van der Waals surface area contributed by atoms with Gasteiger partial charge in [0.25, 0.3) is 0 Å². The average Bonchev–Trinajstić information content (AvgIpc) is 2.73. The number of rotatable bonds is 3. The summed E-state index contributed by atoms with van der Waals surface area (Å²) >= 11 is 1.69. The van der Waals surface area contributed by atoms with Crippen LogP contribution in [-0.4, -0.2) is 15.3 Å². The van der Waals surface area contributed by atoms with E-state index in [1.165, 1.54) is 4.57 Å². The van der Waals surface area contributed by atoms with Crippen LogP contribution >= 0.6 is 11.8 Å². The normalized spacial score (nSPS) is 11.8. The van der Waals surface area contributed by atoms with Crippen molar-refractivity contribution < 1.29 is 13.2 Å². The molecule has 0 fully saturated rings. The van der Waals surface area contributed by atoms with Crippen LogP contribution in [-0.2, 0) is 13.2 Å². The van der Waals surface area contributed by atoms with E-state index < -0.39 is 11.9 Å². The van der Waals surface area contributed by atoms with E-state index >= 15 is 0 Å². The van der Waals surface area contributed by atoms with Crippen LogP contribution in [0.4, 0.5) is 13.2 Å². The Balaban J connectivity index is 2.34. The van der Waals surface area contributed by atoms with Gasteiger partial charge < -0.3 is 4.57 Å². The summed E-state index contributed by atoms with van der Waals surface area (Å²) in [5.41, 5.74) is -0.185. The van der Waals surface area contributed by atoms with Crippen LogP contribution < -0.4 is 0 Å². The van der Waals surface area contributed by atoms with Crippen molar-refractivity contribution >= 4 is 11.8 Å². The third kappa shape index (κ3) is 3.12. The summed E-state index contributed by atoms with van der Waals surface area (Å²) in [6, 6.07) is 7.37. The van der Waals surface area contributed by atoms with Crippen LogP contribution in [0.2, 0.25) is 0 Å². The number of halogens is 3. The van der Waals surface area contributed by atoms with Crippen LogP contribution in [0.25, 0.3) is 11.4 Å². The van der Waals surface area contributed by atoms with Crippen molar-refractivity contribution in [3.8, 4) is 11.4 Å². The molecular formula is C13H13F3N2S. The van der Waals surface area contributed by atoms with Crippen LogP contribution in [0.5, 0.6) is 0 Å². The number of aromatic nitrogens is 2. The first kappa shape index (κ1) is 14.0. The maximum atomic E-state index is 12.6. The fourth-order valence-electron chi connectivity index (χ4n) is 1.74. The van der Waals surface area contributed by atoms with Crippen LogP contribution in [0, 0.1) is 0 Å². The van der Waals surface area contributed by atoms with Gasteiger partial charge in [-0.2, -0.15) is 13.2 Å². The standard InChI is InChI=1S/C13H13F3N2S/c1-3-19-10-6-4-9(5-7-10)12-17-11(8-18(12)2)13(14,15)16/h4-8H,3H2,1-2H3. The van der Waals surface area contributed by atoms with E-state index in [9.17, 15) is 13.2 Å². The average molecular weight is 286 g/mol. The van der Waals surface area contributed by atoms with E-state index in [4.69, 9.17) is 0 Å². The van der Waals surface area contributed by atoms with Gasteiger partial charge in [-0.25, -0.2) is 4.98 Å². The molecule has 102 valence electrons. The molecule has 0 aliphatic heterocycles. The summed E-state index contributed by atoms with van der Waals surface area (Å²) in [5.74, 6) is 1.28. The van der Waals surface area contributed by atoms with Crippen molar-refractivity contribution in [2.24, 2.45) is 7.05 Å². The monoisotopic (exact) mass is 286 g/mol. The van der Waals surface area contributed by atoms with Crippen molar-refractivity contribution in [2.45, 2.75) is 18.0 Å². The first-order valence-electron chi connectivity index (χ1n) is 5.75. The smallest absolute Gasteiger partial charge is 0.333 e. The number of aryl methyl sites for hydroxylation is 1. The first-order chi connectivity index (χ1) is 8.91. The molecule has 1 heterocycles. The van der Waals surface area contributed by atoms with E-state index in [-0.39, 0.29) is 0 Å². The summed E-state index contributed by atoms with van der Waals surface area (Å²) in [7, 11) is 1.56. The molecule has 0 bridgehead atoms. The molecule has 2 rings (SSSR count). The molecule has 0 aliphatic rings. The largest absolute Gasteiger partial charge is 0.434 e. The fourth-order valence-corrected chi connectivity index (χ4v) is 2.40. The van der Waals surface area contributed by atoms with E-state index in [1.54, 1.807) is 30.9 Å². The zero-order chi connectivity index (χ0) is 14.0. The molecule has 0 aliphatic carbocycles. The van der Waals surface area contributed by atoms with Gasteiger partial charge in [-0.3, -0.25) is 0 Å². The van der Waals surface area contributed by atoms with E-state index in [2.05, 4.69) is 4.98 Å². The van der Waals surface area contributed by atoms with Crippen LogP contribution in [0.3, 0.4) is 0 Å². The van der Waals surface area contributed by atoms with Crippen LogP contribution in [0.15, 0.2) is 35.4 Å². The molecule has 0 amide bonds. The van der Waals surface area contributed by atoms with Gasteiger partial charge in [-0.05, 0) is 17.9 Å². The number of alkyl halides is 3. The summed E-state index contributed by atoms with van der Waals surface area (Å²) in [5, 5.41) is 0. The van der Waals surface area contributed by atoms with Crippen molar-refractivity contribution in [1.29, 1.82) is 0 Å². The third-order valence-electron chi connectivity index (χ3n) is 2.59. The second-order valence-corrected chi connectivity index (χ2v) is 5.35. The molecule has 0 atom stereocenters. The highest BCUT2D eigenvalue weighted by atomic mass is 32.2. The molecule has 2 nitrogen and oxygen atoms in total. The summed E-state index contributed by atoms with van der Waals surface area (Å²) in [4.78, 5) is 4.75. The molecular weight excluding hydrogens is 273 g/mol. The number of benzene rings is 1. The van der Waals surface area contributed by atoms with Gasteiger partial charge in [0.2, 0.25) is 0 Å². The van der Waals surface area contributed by atoms with Gasteiger partial charge in [0.1, 0.15) is 5.82 Å². The van der Waals surface area contributed by atoms with Crippen molar-refractivity contribution in [3.05, 3.63) is 36.2 Å². The molecule has 1 aromatic carbocycles. The molecule has 0 unspecified atom stereocenters. The molecule has 2 aromatic rings. The third-order valence-corrected chi connectivity index (χ3v) is 3.48.